The second kappa shape index (κ2) is 4.55. The van der Waals surface area contributed by atoms with Crippen molar-refractivity contribution < 1.29 is 9.53 Å². The maximum Gasteiger partial charge on any atom is 0.308 e. The predicted octanol–water partition coefficient (Wildman–Crippen LogP) is 4.15. The van der Waals surface area contributed by atoms with Gasteiger partial charge in [-0.25, -0.2) is 0 Å². The highest BCUT2D eigenvalue weighted by Crippen LogP contribution is 2.41. The highest BCUT2D eigenvalue weighted by Gasteiger charge is 2.13. The lowest BCUT2D eigenvalue weighted by atomic mass is 10.2. The minimum Gasteiger partial charge on any atom is -0.426 e. The number of hydrogen-bond acceptors (Lipinski definition) is 3. The SMILES string of the molecule is CCc1sc2cccc(OC(C)=O)c2c1Br. The molecule has 1 aromatic carbocycles. The third kappa shape index (κ3) is 1.99. The van der Waals surface area contributed by atoms with Crippen LogP contribution in [-0.4, -0.2) is 5.97 Å². The summed E-state index contributed by atoms with van der Waals surface area (Å²) in [7, 11) is 0. The largest absolute Gasteiger partial charge is 0.426 e. The van der Waals surface area contributed by atoms with Crippen LogP contribution >= 0.6 is 27.3 Å². The molecule has 1 heterocycles. The smallest absolute Gasteiger partial charge is 0.308 e. The summed E-state index contributed by atoms with van der Waals surface area (Å²) < 4.78 is 7.39. The average molecular weight is 299 g/mol. The van der Waals surface area contributed by atoms with E-state index in [1.807, 2.05) is 18.2 Å². The molecule has 0 amide bonds. The first kappa shape index (κ1) is 11.6. The highest BCUT2D eigenvalue weighted by atomic mass is 79.9. The second-order valence-corrected chi connectivity index (χ2v) is 5.35. The molecule has 0 unspecified atom stereocenters. The van der Waals surface area contributed by atoms with Gasteiger partial charge in [-0.05, 0) is 34.5 Å². The molecule has 0 N–H and O–H groups in total. The van der Waals surface area contributed by atoms with E-state index in [9.17, 15) is 4.79 Å². The van der Waals surface area contributed by atoms with Crippen LogP contribution in [0.4, 0.5) is 0 Å². The fourth-order valence-corrected chi connectivity index (χ4v) is 3.71. The lowest BCUT2D eigenvalue weighted by molar-refractivity contribution is -0.131. The molecule has 0 aliphatic carbocycles. The van der Waals surface area contributed by atoms with E-state index in [1.165, 1.54) is 11.8 Å². The average Bonchev–Trinajstić information content (AvgIpc) is 2.56. The molecule has 0 aliphatic heterocycles. The summed E-state index contributed by atoms with van der Waals surface area (Å²) in [5.74, 6) is 0.344. The van der Waals surface area contributed by atoms with E-state index in [1.54, 1.807) is 11.3 Å². The molecule has 84 valence electrons. The molecular formula is C12H11BrO2S. The Morgan fingerprint density at radius 2 is 2.25 bits per heavy atom. The molecule has 0 spiro atoms. The molecule has 0 aliphatic rings. The Labute approximate surface area is 106 Å². The summed E-state index contributed by atoms with van der Waals surface area (Å²) >= 11 is 5.30. The Hall–Kier alpha value is -0.870. The highest BCUT2D eigenvalue weighted by molar-refractivity contribution is 9.10. The van der Waals surface area contributed by atoms with E-state index in [0.29, 0.717) is 5.75 Å². The van der Waals surface area contributed by atoms with Gasteiger partial charge in [0, 0.05) is 26.4 Å². The zero-order valence-corrected chi connectivity index (χ0v) is 11.4. The number of fused-ring (bicyclic) bond motifs is 1. The molecule has 2 nitrogen and oxygen atoms in total. The zero-order chi connectivity index (χ0) is 11.7. The number of thiophene rings is 1. The summed E-state index contributed by atoms with van der Waals surface area (Å²) in [6, 6.07) is 5.76. The van der Waals surface area contributed by atoms with E-state index >= 15 is 0 Å². The van der Waals surface area contributed by atoms with Crippen LogP contribution in [0.2, 0.25) is 0 Å². The van der Waals surface area contributed by atoms with Crippen molar-refractivity contribution >= 4 is 43.3 Å². The quantitative estimate of drug-likeness (QED) is 0.615. The Morgan fingerprint density at radius 1 is 1.50 bits per heavy atom. The van der Waals surface area contributed by atoms with Crippen LogP contribution < -0.4 is 4.74 Å². The van der Waals surface area contributed by atoms with E-state index in [0.717, 1.165) is 21.0 Å². The van der Waals surface area contributed by atoms with Crippen molar-refractivity contribution in [2.24, 2.45) is 0 Å². The van der Waals surface area contributed by atoms with Gasteiger partial charge in [-0.2, -0.15) is 0 Å². The van der Waals surface area contributed by atoms with Crippen LogP contribution in [0.15, 0.2) is 22.7 Å². The van der Waals surface area contributed by atoms with Gasteiger partial charge < -0.3 is 4.74 Å². The maximum absolute atomic E-state index is 11.0. The third-order valence-corrected chi connectivity index (χ3v) is 4.70. The van der Waals surface area contributed by atoms with Crippen LogP contribution in [0.1, 0.15) is 18.7 Å². The number of halogens is 1. The molecule has 0 fully saturated rings. The topological polar surface area (TPSA) is 26.3 Å². The summed E-state index contributed by atoms with van der Waals surface area (Å²) in [5, 5.41) is 1.000. The second-order valence-electron chi connectivity index (χ2n) is 3.42. The number of esters is 1. The summed E-state index contributed by atoms with van der Waals surface area (Å²) in [5.41, 5.74) is 0. The molecule has 2 rings (SSSR count). The Bertz CT molecular complexity index is 545. The molecule has 16 heavy (non-hydrogen) atoms. The molecule has 4 heteroatoms. The maximum atomic E-state index is 11.0. The van der Waals surface area contributed by atoms with Gasteiger partial charge in [0.25, 0.3) is 0 Å². The number of carbonyl (C=O) groups excluding carboxylic acids is 1. The van der Waals surface area contributed by atoms with Crippen LogP contribution in [0.3, 0.4) is 0 Å². The van der Waals surface area contributed by atoms with E-state index in [4.69, 9.17) is 4.74 Å². The molecule has 2 aromatic rings. The van der Waals surface area contributed by atoms with Crippen molar-refractivity contribution in [1.82, 2.24) is 0 Å². The van der Waals surface area contributed by atoms with Gasteiger partial charge in [-0.1, -0.05) is 13.0 Å². The van der Waals surface area contributed by atoms with Crippen molar-refractivity contribution in [3.63, 3.8) is 0 Å². The lowest BCUT2D eigenvalue weighted by Crippen LogP contribution is -2.01. The summed E-state index contributed by atoms with van der Waals surface area (Å²) in [6.45, 7) is 3.53. The first-order valence-electron chi connectivity index (χ1n) is 5.01. The Kier molecular flexibility index (Phi) is 3.30. The van der Waals surface area contributed by atoms with Gasteiger partial charge in [0.2, 0.25) is 0 Å². The van der Waals surface area contributed by atoms with E-state index in [2.05, 4.69) is 22.9 Å². The summed E-state index contributed by atoms with van der Waals surface area (Å²) in [4.78, 5) is 12.3. The minimum absolute atomic E-state index is 0.288. The van der Waals surface area contributed by atoms with Crippen molar-refractivity contribution in [2.45, 2.75) is 20.3 Å². The van der Waals surface area contributed by atoms with E-state index in [-0.39, 0.29) is 5.97 Å². The fraction of sp³-hybridized carbons (Fsp3) is 0.250. The first-order valence-corrected chi connectivity index (χ1v) is 6.62. The molecule has 0 saturated carbocycles. The van der Waals surface area contributed by atoms with Gasteiger partial charge in [-0.15, -0.1) is 11.3 Å². The number of ether oxygens (including phenoxy) is 1. The van der Waals surface area contributed by atoms with Gasteiger partial charge in [0.15, 0.2) is 0 Å². The number of benzene rings is 1. The molecule has 0 radical (unpaired) electrons. The van der Waals surface area contributed by atoms with Gasteiger partial charge in [0.05, 0.1) is 0 Å². The number of carbonyl (C=O) groups is 1. The van der Waals surface area contributed by atoms with Crippen LogP contribution in [0.25, 0.3) is 10.1 Å². The van der Waals surface area contributed by atoms with Gasteiger partial charge in [-0.3, -0.25) is 4.79 Å². The Morgan fingerprint density at radius 3 is 2.88 bits per heavy atom. The van der Waals surface area contributed by atoms with Crippen molar-refractivity contribution in [3.05, 3.63) is 27.5 Å². The molecule has 0 bridgehead atoms. The summed E-state index contributed by atoms with van der Waals surface area (Å²) in [6.07, 6.45) is 0.972. The zero-order valence-electron chi connectivity index (χ0n) is 9.04. The fourth-order valence-electron chi connectivity index (χ4n) is 1.60. The van der Waals surface area contributed by atoms with Gasteiger partial charge >= 0.3 is 5.97 Å². The van der Waals surface area contributed by atoms with Crippen molar-refractivity contribution in [1.29, 1.82) is 0 Å². The van der Waals surface area contributed by atoms with Crippen molar-refractivity contribution in [2.75, 3.05) is 0 Å². The molecule has 1 aromatic heterocycles. The molecular weight excluding hydrogens is 288 g/mol. The number of hydrogen-bond donors (Lipinski definition) is 0. The van der Waals surface area contributed by atoms with Crippen molar-refractivity contribution in [3.8, 4) is 5.75 Å². The predicted molar refractivity (Wildman–Crippen MR) is 70.2 cm³/mol. The first-order chi connectivity index (χ1) is 7.63. The lowest BCUT2D eigenvalue weighted by Gasteiger charge is -2.03. The normalized spacial score (nSPS) is 10.7. The van der Waals surface area contributed by atoms with Crippen LogP contribution in [0.5, 0.6) is 5.75 Å². The molecule has 0 atom stereocenters. The standard InChI is InChI=1S/C12H11BrO2S/c1-3-9-12(13)11-8(15-7(2)14)5-4-6-10(11)16-9/h4-6H,3H2,1-2H3. The minimum atomic E-state index is -0.288. The molecule has 0 saturated heterocycles. The third-order valence-electron chi connectivity index (χ3n) is 2.26. The van der Waals surface area contributed by atoms with Gasteiger partial charge in [0.1, 0.15) is 5.75 Å². The number of aryl methyl sites for hydroxylation is 1. The monoisotopic (exact) mass is 298 g/mol. The van der Waals surface area contributed by atoms with Crippen LogP contribution in [0, 0.1) is 0 Å². The number of rotatable bonds is 2. The van der Waals surface area contributed by atoms with E-state index < -0.39 is 0 Å². The Balaban J connectivity index is 2.65. The van der Waals surface area contributed by atoms with Crippen LogP contribution in [-0.2, 0) is 11.2 Å².